The number of H-pyrrole nitrogens is 1. The molecule has 0 aliphatic carbocycles. The summed E-state index contributed by atoms with van der Waals surface area (Å²) >= 11 is 0. The number of rotatable bonds is 2. The summed E-state index contributed by atoms with van der Waals surface area (Å²) in [6.45, 7) is 0. The fourth-order valence-electron chi connectivity index (χ4n) is 2.93. The van der Waals surface area contributed by atoms with Crippen LogP contribution in [0.2, 0.25) is 0 Å². The molecule has 4 rings (SSSR count). The van der Waals surface area contributed by atoms with Crippen molar-refractivity contribution in [2.45, 2.75) is 6.18 Å². The Balaban J connectivity index is 1.86. The highest BCUT2D eigenvalue weighted by Crippen LogP contribution is 2.35. The van der Waals surface area contributed by atoms with E-state index in [4.69, 9.17) is 0 Å². The second kappa shape index (κ2) is 5.77. The summed E-state index contributed by atoms with van der Waals surface area (Å²) in [7, 11) is 0. The standard InChI is InChI=1S/C20H13F3N2/c21-20(22,23)15-6-7-18-14(10-15)11-19(25-18)16-8-9-24-12-17(16)13-4-2-1-3-5-13/h1-12,25H. The van der Waals surface area contributed by atoms with Crippen molar-refractivity contribution >= 4 is 10.9 Å². The summed E-state index contributed by atoms with van der Waals surface area (Å²) in [5.74, 6) is 0. The molecule has 0 spiro atoms. The average molecular weight is 338 g/mol. The lowest BCUT2D eigenvalue weighted by Crippen LogP contribution is -2.03. The first-order valence-corrected chi connectivity index (χ1v) is 7.72. The monoisotopic (exact) mass is 338 g/mol. The Morgan fingerprint density at radius 1 is 0.840 bits per heavy atom. The van der Waals surface area contributed by atoms with Crippen LogP contribution in [0, 0.1) is 0 Å². The van der Waals surface area contributed by atoms with Gasteiger partial charge in [-0.15, -0.1) is 0 Å². The molecule has 0 fully saturated rings. The van der Waals surface area contributed by atoms with Crippen molar-refractivity contribution in [1.82, 2.24) is 9.97 Å². The number of hydrogen-bond acceptors (Lipinski definition) is 1. The second-order valence-electron chi connectivity index (χ2n) is 5.77. The molecule has 2 aromatic heterocycles. The van der Waals surface area contributed by atoms with Crippen LogP contribution in [-0.4, -0.2) is 9.97 Å². The van der Waals surface area contributed by atoms with Crippen LogP contribution in [-0.2, 0) is 6.18 Å². The zero-order valence-electron chi connectivity index (χ0n) is 13.0. The summed E-state index contributed by atoms with van der Waals surface area (Å²) in [5.41, 5.74) is 3.59. The molecule has 2 heterocycles. The SMILES string of the molecule is FC(F)(F)c1ccc2[nH]c(-c3ccncc3-c3ccccc3)cc2c1. The number of benzene rings is 2. The van der Waals surface area contributed by atoms with Gasteiger partial charge in [-0.05, 0) is 35.9 Å². The molecule has 2 aromatic carbocycles. The molecule has 4 aromatic rings. The van der Waals surface area contributed by atoms with E-state index in [-0.39, 0.29) is 0 Å². The van der Waals surface area contributed by atoms with Gasteiger partial charge in [0.1, 0.15) is 0 Å². The van der Waals surface area contributed by atoms with Gasteiger partial charge >= 0.3 is 6.18 Å². The predicted molar refractivity (Wildman–Crippen MR) is 92.0 cm³/mol. The van der Waals surface area contributed by atoms with Gasteiger partial charge in [0.15, 0.2) is 0 Å². The van der Waals surface area contributed by atoms with Crippen LogP contribution in [0.1, 0.15) is 5.56 Å². The Bertz CT molecular complexity index is 1030. The van der Waals surface area contributed by atoms with Crippen LogP contribution < -0.4 is 0 Å². The number of aromatic nitrogens is 2. The first-order chi connectivity index (χ1) is 12.0. The fraction of sp³-hybridized carbons (Fsp3) is 0.0500. The maximum Gasteiger partial charge on any atom is 0.416 e. The van der Waals surface area contributed by atoms with Gasteiger partial charge in [-0.25, -0.2) is 0 Å². The van der Waals surface area contributed by atoms with Crippen LogP contribution in [0.4, 0.5) is 13.2 Å². The summed E-state index contributed by atoms with van der Waals surface area (Å²) < 4.78 is 38.7. The second-order valence-corrected chi connectivity index (χ2v) is 5.77. The average Bonchev–Trinajstić information content (AvgIpc) is 3.05. The molecule has 1 N–H and O–H groups in total. The smallest absolute Gasteiger partial charge is 0.355 e. The van der Waals surface area contributed by atoms with E-state index in [2.05, 4.69) is 9.97 Å². The zero-order valence-corrected chi connectivity index (χ0v) is 13.0. The number of hydrogen-bond donors (Lipinski definition) is 1. The van der Waals surface area contributed by atoms with E-state index in [1.54, 1.807) is 18.5 Å². The Labute approximate surface area is 142 Å². The number of halogens is 3. The third-order valence-electron chi connectivity index (χ3n) is 4.14. The van der Waals surface area contributed by atoms with Gasteiger partial charge in [-0.1, -0.05) is 30.3 Å². The largest absolute Gasteiger partial charge is 0.416 e. The Morgan fingerprint density at radius 2 is 1.64 bits per heavy atom. The highest BCUT2D eigenvalue weighted by molar-refractivity contribution is 5.90. The zero-order chi connectivity index (χ0) is 17.4. The number of alkyl halides is 3. The lowest BCUT2D eigenvalue weighted by Gasteiger charge is -2.07. The highest BCUT2D eigenvalue weighted by atomic mass is 19.4. The Kier molecular flexibility index (Phi) is 3.57. The van der Waals surface area contributed by atoms with Gasteiger partial charge < -0.3 is 4.98 Å². The molecule has 0 aliphatic heterocycles. The van der Waals surface area contributed by atoms with Gasteiger partial charge in [0.05, 0.1) is 5.56 Å². The first-order valence-electron chi connectivity index (χ1n) is 7.72. The summed E-state index contributed by atoms with van der Waals surface area (Å²) in [4.78, 5) is 7.39. The molecular formula is C20H13F3N2. The van der Waals surface area contributed by atoms with Gasteiger partial charge in [-0.2, -0.15) is 13.2 Å². The van der Waals surface area contributed by atoms with Crippen LogP contribution in [0.5, 0.6) is 0 Å². The lowest BCUT2D eigenvalue weighted by molar-refractivity contribution is -0.137. The lowest BCUT2D eigenvalue weighted by atomic mass is 10.00. The Morgan fingerprint density at radius 3 is 2.40 bits per heavy atom. The van der Waals surface area contributed by atoms with E-state index in [9.17, 15) is 13.2 Å². The number of fused-ring (bicyclic) bond motifs is 1. The van der Waals surface area contributed by atoms with E-state index in [1.807, 2.05) is 36.4 Å². The third-order valence-corrected chi connectivity index (χ3v) is 4.14. The number of nitrogens with one attached hydrogen (secondary N) is 1. The van der Waals surface area contributed by atoms with Crippen LogP contribution in [0.15, 0.2) is 73.1 Å². The quantitative estimate of drug-likeness (QED) is 0.483. The summed E-state index contributed by atoms with van der Waals surface area (Å²) in [6, 6.07) is 17.1. The molecule has 0 saturated heterocycles. The van der Waals surface area contributed by atoms with Crippen molar-refractivity contribution in [3.63, 3.8) is 0 Å². The topological polar surface area (TPSA) is 28.7 Å². The first kappa shape index (κ1) is 15.4. The van der Waals surface area contributed by atoms with Crippen LogP contribution in [0.25, 0.3) is 33.3 Å². The normalized spacial score (nSPS) is 11.8. The molecule has 2 nitrogen and oxygen atoms in total. The maximum atomic E-state index is 12.9. The molecule has 0 saturated carbocycles. The predicted octanol–water partition coefficient (Wildman–Crippen LogP) is 5.92. The van der Waals surface area contributed by atoms with Gasteiger partial charge in [0.2, 0.25) is 0 Å². The van der Waals surface area contributed by atoms with Crippen molar-refractivity contribution in [2.24, 2.45) is 0 Å². The third kappa shape index (κ3) is 2.89. The fourth-order valence-corrected chi connectivity index (χ4v) is 2.93. The van der Waals surface area contributed by atoms with Gasteiger partial charge in [0, 0.05) is 40.1 Å². The van der Waals surface area contributed by atoms with Crippen molar-refractivity contribution in [3.8, 4) is 22.4 Å². The van der Waals surface area contributed by atoms with Gasteiger partial charge in [0.25, 0.3) is 0 Å². The minimum Gasteiger partial charge on any atom is -0.355 e. The minimum absolute atomic E-state index is 0.528. The highest BCUT2D eigenvalue weighted by Gasteiger charge is 2.30. The molecule has 0 amide bonds. The van der Waals surface area contributed by atoms with Crippen molar-refractivity contribution in [3.05, 3.63) is 78.6 Å². The van der Waals surface area contributed by atoms with Crippen molar-refractivity contribution < 1.29 is 13.2 Å². The van der Waals surface area contributed by atoms with E-state index < -0.39 is 11.7 Å². The van der Waals surface area contributed by atoms with E-state index in [0.29, 0.717) is 10.9 Å². The molecule has 0 aliphatic rings. The molecule has 0 radical (unpaired) electrons. The molecule has 25 heavy (non-hydrogen) atoms. The maximum absolute atomic E-state index is 12.9. The molecule has 124 valence electrons. The van der Waals surface area contributed by atoms with Crippen LogP contribution >= 0.6 is 0 Å². The molecular weight excluding hydrogens is 325 g/mol. The number of pyridine rings is 1. The van der Waals surface area contributed by atoms with Crippen molar-refractivity contribution in [1.29, 1.82) is 0 Å². The molecule has 0 bridgehead atoms. The number of aromatic amines is 1. The van der Waals surface area contributed by atoms with E-state index in [1.165, 1.54) is 12.1 Å². The minimum atomic E-state index is -4.35. The van der Waals surface area contributed by atoms with E-state index in [0.717, 1.165) is 28.5 Å². The Hall–Kier alpha value is -3.08. The summed E-state index contributed by atoms with van der Waals surface area (Å²) in [6.07, 6.45) is -0.913. The molecule has 0 unspecified atom stereocenters. The number of nitrogens with zero attached hydrogens (tertiary/aromatic N) is 1. The van der Waals surface area contributed by atoms with Crippen molar-refractivity contribution in [2.75, 3.05) is 0 Å². The van der Waals surface area contributed by atoms with Gasteiger partial charge in [-0.3, -0.25) is 4.98 Å². The molecule has 0 atom stereocenters. The van der Waals surface area contributed by atoms with E-state index >= 15 is 0 Å². The summed E-state index contributed by atoms with van der Waals surface area (Å²) in [5, 5.41) is 0.528. The molecule has 5 heteroatoms. The van der Waals surface area contributed by atoms with Crippen LogP contribution in [0.3, 0.4) is 0 Å².